The molecule has 18 heavy (non-hydrogen) atoms. The molecular weight excluding hydrogens is 248 g/mol. The van der Waals surface area contributed by atoms with Gasteiger partial charge in [0.15, 0.2) is 0 Å². The van der Waals surface area contributed by atoms with Gasteiger partial charge in [-0.25, -0.2) is 8.42 Å². The molecule has 1 aromatic carbocycles. The molecule has 4 nitrogen and oxygen atoms in total. The summed E-state index contributed by atoms with van der Waals surface area (Å²) < 4.78 is 25.7. The molecule has 0 amide bonds. The van der Waals surface area contributed by atoms with Crippen LogP contribution in [0.5, 0.6) is 0 Å². The molecule has 1 unspecified atom stereocenters. The van der Waals surface area contributed by atoms with E-state index in [1.807, 2.05) is 19.1 Å². The van der Waals surface area contributed by atoms with Gasteiger partial charge < -0.3 is 5.32 Å². The van der Waals surface area contributed by atoms with Gasteiger partial charge in [-0.3, -0.25) is 4.72 Å². The van der Waals surface area contributed by atoms with Gasteiger partial charge >= 0.3 is 0 Å². The summed E-state index contributed by atoms with van der Waals surface area (Å²) in [4.78, 5) is 0. The quantitative estimate of drug-likeness (QED) is 0.800. The third-order valence-electron chi connectivity index (χ3n) is 2.66. The smallest absolute Gasteiger partial charge is 0.232 e. The average molecular weight is 270 g/mol. The SMILES string of the molecule is CCCS(=O)(=O)Nc1ccc(NC(C)CC)cc1. The molecule has 0 aliphatic heterocycles. The van der Waals surface area contributed by atoms with Crippen LogP contribution in [0.2, 0.25) is 0 Å². The highest BCUT2D eigenvalue weighted by Crippen LogP contribution is 2.16. The molecule has 1 rings (SSSR count). The van der Waals surface area contributed by atoms with E-state index in [2.05, 4.69) is 23.9 Å². The van der Waals surface area contributed by atoms with Crippen LogP contribution in [0.15, 0.2) is 24.3 Å². The Hall–Kier alpha value is -1.23. The first-order valence-electron chi connectivity index (χ1n) is 6.34. The Labute approximate surface area is 110 Å². The van der Waals surface area contributed by atoms with Crippen LogP contribution < -0.4 is 10.0 Å². The molecule has 0 aliphatic rings. The number of benzene rings is 1. The molecular formula is C13H22N2O2S. The predicted octanol–water partition coefficient (Wildman–Crippen LogP) is 3.05. The van der Waals surface area contributed by atoms with E-state index in [1.165, 1.54) is 0 Å². The molecule has 2 N–H and O–H groups in total. The van der Waals surface area contributed by atoms with Crippen LogP contribution >= 0.6 is 0 Å². The van der Waals surface area contributed by atoms with E-state index in [4.69, 9.17) is 0 Å². The van der Waals surface area contributed by atoms with Crippen LogP contribution in [-0.2, 0) is 10.0 Å². The highest BCUT2D eigenvalue weighted by molar-refractivity contribution is 7.92. The zero-order chi connectivity index (χ0) is 13.6. The zero-order valence-electron chi connectivity index (χ0n) is 11.2. The fraction of sp³-hybridized carbons (Fsp3) is 0.538. The van der Waals surface area contributed by atoms with Gasteiger partial charge in [0.1, 0.15) is 0 Å². The van der Waals surface area contributed by atoms with Gasteiger partial charge in [-0.1, -0.05) is 13.8 Å². The third-order valence-corrected chi connectivity index (χ3v) is 4.15. The van der Waals surface area contributed by atoms with Crippen LogP contribution in [0.25, 0.3) is 0 Å². The van der Waals surface area contributed by atoms with E-state index >= 15 is 0 Å². The molecule has 0 spiro atoms. The summed E-state index contributed by atoms with van der Waals surface area (Å²) in [7, 11) is -3.20. The maximum atomic E-state index is 11.6. The van der Waals surface area contributed by atoms with Crippen molar-refractivity contribution < 1.29 is 8.42 Å². The summed E-state index contributed by atoms with van der Waals surface area (Å²) in [6.45, 7) is 6.07. The molecule has 102 valence electrons. The van der Waals surface area contributed by atoms with Crippen LogP contribution in [0.4, 0.5) is 11.4 Å². The fourth-order valence-corrected chi connectivity index (χ4v) is 2.66. The van der Waals surface area contributed by atoms with Crippen molar-refractivity contribution in [1.29, 1.82) is 0 Å². The van der Waals surface area contributed by atoms with Crippen LogP contribution in [0.3, 0.4) is 0 Å². The standard InChI is InChI=1S/C13H22N2O2S/c1-4-10-18(16,17)15-13-8-6-12(7-9-13)14-11(3)5-2/h6-9,11,14-15H,4-5,10H2,1-3H3. The highest BCUT2D eigenvalue weighted by Gasteiger charge is 2.08. The minimum Gasteiger partial charge on any atom is -0.383 e. The van der Waals surface area contributed by atoms with Crippen molar-refractivity contribution in [3.05, 3.63) is 24.3 Å². The van der Waals surface area contributed by atoms with Gasteiger partial charge in [0.2, 0.25) is 10.0 Å². The van der Waals surface area contributed by atoms with Gasteiger partial charge in [0.05, 0.1) is 5.75 Å². The predicted molar refractivity (Wildman–Crippen MR) is 77.5 cm³/mol. The average Bonchev–Trinajstić information content (AvgIpc) is 2.31. The number of rotatable bonds is 7. The van der Waals surface area contributed by atoms with E-state index in [9.17, 15) is 8.42 Å². The van der Waals surface area contributed by atoms with Crippen molar-refractivity contribution >= 4 is 21.4 Å². The monoisotopic (exact) mass is 270 g/mol. The van der Waals surface area contributed by atoms with E-state index in [0.717, 1.165) is 12.1 Å². The number of anilines is 2. The number of hydrogen-bond donors (Lipinski definition) is 2. The van der Waals surface area contributed by atoms with Crippen molar-refractivity contribution in [1.82, 2.24) is 0 Å². The minimum absolute atomic E-state index is 0.153. The van der Waals surface area contributed by atoms with Crippen LogP contribution in [-0.4, -0.2) is 20.2 Å². The number of hydrogen-bond acceptors (Lipinski definition) is 3. The molecule has 0 saturated heterocycles. The van der Waals surface area contributed by atoms with Crippen molar-refractivity contribution in [3.63, 3.8) is 0 Å². The fourth-order valence-electron chi connectivity index (χ4n) is 1.52. The van der Waals surface area contributed by atoms with Crippen LogP contribution in [0.1, 0.15) is 33.6 Å². The Morgan fingerprint density at radius 3 is 2.17 bits per heavy atom. The molecule has 0 aromatic heterocycles. The molecule has 0 aliphatic carbocycles. The Bertz CT molecular complexity index is 454. The maximum absolute atomic E-state index is 11.6. The molecule has 1 aromatic rings. The lowest BCUT2D eigenvalue weighted by Crippen LogP contribution is -2.16. The van der Waals surface area contributed by atoms with Gasteiger partial charge in [0.25, 0.3) is 0 Å². The Balaban J connectivity index is 2.66. The summed E-state index contributed by atoms with van der Waals surface area (Å²) in [6, 6.07) is 7.73. The molecule has 0 saturated carbocycles. The lowest BCUT2D eigenvalue weighted by Gasteiger charge is -2.13. The Morgan fingerprint density at radius 1 is 1.11 bits per heavy atom. The van der Waals surface area contributed by atoms with E-state index in [-0.39, 0.29) is 5.75 Å². The molecule has 0 bridgehead atoms. The molecule has 0 heterocycles. The topological polar surface area (TPSA) is 58.2 Å². The highest BCUT2D eigenvalue weighted by atomic mass is 32.2. The zero-order valence-corrected chi connectivity index (χ0v) is 12.0. The van der Waals surface area contributed by atoms with Gasteiger partial charge in [-0.15, -0.1) is 0 Å². The van der Waals surface area contributed by atoms with Gasteiger partial charge in [-0.05, 0) is 44.0 Å². The first-order valence-corrected chi connectivity index (χ1v) is 7.99. The molecule has 5 heteroatoms. The second kappa shape index (κ2) is 6.64. The van der Waals surface area contributed by atoms with Crippen molar-refractivity contribution in [2.24, 2.45) is 0 Å². The summed E-state index contributed by atoms with van der Waals surface area (Å²) in [5.74, 6) is 0.153. The van der Waals surface area contributed by atoms with Crippen molar-refractivity contribution in [2.75, 3.05) is 15.8 Å². The number of nitrogens with one attached hydrogen (secondary N) is 2. The number of sulfonamides is 1. The van der Waals surface area contributed by atoms with E-state index < -0.39 is 10.0 Å². The Kier molecular flexibility index (Phi) is 5.47. The minimum atomic E-state index is -3.20. The molecule has 0 radical (unpaired) electrons. The summed E-state index contributed by atoms with van der Waals surface area (Å²) in [5, 5.41) is 3.33. The lowest BCUT2D eigenvalue weighted by atomic mass is 10.2. The summed E-state index contributed by atoms with van der Waals surface area (Å²) >= 11 is 0. The second-order valence-electron chi connectivity index (χ2n) is 4.45. The second-order valence-corrected chi connectivity index (χ2v) is 6.29. The van der Waals surface area contributed by atoms with E-state index in [1.54, 1.807) is 12.1 Å². The Morgan fingerprint density at radius 2 is 1.67 bits per heavy atom. The molecule has 1 atom stereocenters. The maximum Gasteiger partial charge on any atom is 0.232 e. The van der Waals surface area contributed by atoms with E-state index in [0.29, 0.717) is 18.2 Å². The normalized spacial score (nSPS) is 13.1. The van der Waals surface area contributed by atoms with Crippen molar-refractivity contribution in [2.45, 2.75) is 39.7 Å². The van der Waals surface area contributed by atoms with Crippen molar-refractivity contribution in [3.8, 4) is 0 Å². The first kappa shape index (κ1) is 14.8. The lowest BCUT2D eigenvalue weighted by molar-refractivity contribution is 0.600. The summed E-state index contributed by atoms with van der Waals surface area (Å²) in [6.07, 6.45) is 1.66. The third kappa shape index (κ3) is 4.96. The summed E-state index contributed by atoms with van der Waals surface area (Å²) in [5.41, 5.74) is 1.61. The molecule has 0 fully saturated rings. The first-order chi connectivity index (χ1) is 8.46. The van der Waals surface area contributed by atoms with Gasteiger partial charge in [0, 0.05) is 17.4 Å². The van der Waals surface area contributed by atoms with Gasteiger partial charge in [-0.2, -0.15) is 0 Å². The largest absolute Gasteiger partial charge is 0.383 e. The van der Waals surface area contributed by atoms with Crippen LogP contribution in [0, 0.1) is 0 Å².